The van der Waals surface area contributed by atoms with Gasteiger partial charge in [-0.1, -0.05) is 0 Å². The standard InChI is InChI=1S/C2H4O2.FH.HNO3.H3O4P/c1-2(3)4;;2-1(3)4;1-5(2,3)4/h1H3,(H,3,4);1H;(H,2,3,4);(H3,1,2,3,4). The Morgan fingerprint density at radius 3 is 1.36 bits per heavy atom. The number of halogens is 1. The molecule has 0 saturated carbocycles. The van der Waals surface area contributed by atoms with Crippen molar-refractivity contribution in [2.45, 2.75) is 6.92 Å². The first-order valence-electron chi connectivity index (χ1n) is 2.28. The van der Waals surface area contributed by atoms with Gasteiger partial charge in [0.2, 0.25) is 0 Å². The SMILES string of the molecule is CC(=O)O.F.O=P(O)(O)O.O=[N+]([O-])O. The van der Waals surface area contributed by atoms with Gasteiger partial charge >= 0.3 is 7.82 Å². The number of rotatable bonds is 0. The summed E-state index contributed by atoms with van der Waals surface area (Å²) in [5.74, 6) is -0.833. The van der Waals surface area contributed by atoms with Crippen LogP contribution in [0.2, 0.25) is 0 Å². The number of carbonyl (C=O) groups is 1. The first-order valence-corrected chi connectivity index (χ1v) is 3.84. The van der Waals surface area contributed by atoms with Crippen LogP contribution in [-0.2, 0) is 9.36 Å². The van der Waals surface area contributed by atoms with Crippen LogP contribution < -0.4 is 0 Å². The van der Waals surface area contributed by atoms with Crippen LogP contribution in [0.3, 0.4) is 0 Å². The quantitative estimate of drug-likeness (QED) is 0.201. The lowest BCUT2D eigenvalue weighted by Crippen LogP contribution is -1.81. The van der Waals surface area contributed by atoms with Crippen molar-refractivity contribution >= 4 is 13.8 Å². The van der Waals surface area contributed by atoms with Crippen molar-refractivity contribution in [3.05, 3.63) is 10.1 Å². The number of phosphoric acid groups is 1. The van der Waals surface area contributed by atoms with Crippen molar-refractivity contribution < 1.29 is 44.1 Å². The molecule has 0 aromatic rings. The topological polar surface area (TPSA) is 178 Å². The van der Waals surface area contributed by atoms with Crippen LogP contribution in [0.4, 0.5) is 4.70 Å². The van der Waals surface area contributed by atoms with Crippen molar-refractivity contribution in [3.63, 3.8) is 0 Å². The molecule has 0 aromatic heterocycles. The number of nitrogens with zero attached hydrogens (tertiary/aromatic N) is 1. The summed E-state index contributed by atoms with van der Waals surface area (Å²) >= 11 is 0. The van der Waals surface area contributed by atoms with Crippen LogP contribution in [0, 0.1) is 10.1 Å². The summed E-state index contributed by atoms with van der Waals surface area (Å²) in [7, 11) is -4.64. The third kappa shape index (κ3) is 607. The number of hydrogen-bond donors (Lipinski definition) is 5. The predicted octanol–water partition coefficient (Wildman–Crippen LogP) is -1.03. The second-order valence-corrected chi connectivity index (χ2v) is 2.30. The number of aliphatic carboxylic acids is 1. The zero-order valence-electron chi connectivity index (χ0n) is 6.67. The summed E-state index contributed by atoms with van der Waals surface area (Å²) in [5, 5.41) is 21.1. The summed E-state index contributed by atoms with van der Waals surface area (Å²) < 4.78 is 8.88. The molecule has 0 unspecified atom stereocenters. The van der Waals surface area contributed by atoms with Crippen LogP contribution in [0.25, 0.3) is 0 Å². The van der Waals surface area contributed by atoms with Crippen LogP contribution in [0.1, 0.15) is 6.92 Å². The highest BCUT2D eigenvalue weighted by Crippen LogP contribution is 2.25. The minimum atomic E-state index is -4.64. The van der Waals surface area contributed by atoms with Crippen LogP contribution in [0.5, 0.6) is 0 Å². The van der Waals surface area contributed by atoms with E-state index < -0.39 is 18.9 Å². The average Bonchev–Trinajstić information content (AvgIpc) is 1.50. The Labute approximate surface area is 76.1 Å². The summed E-state index contributed by atoms with van der Waals surface area (Å²) in [4.78, 5) is 38.9. The molecule has 0 radical (unpaired) electrons. The summed E-state index contributed by atoms with van der Waals surface area (Å²) in [6.45, 7) is 1.08. The number of hydrogen-bond acceptors (Lipinski definition) is 4. The van der Waals surface area contributed by atoms with Gasteiger partial charge < -0.3 is 25.0 Å². The summed E-state index contributed by atoms with van der Waals surface area (Å²) in [5.41, 5.74) is 0. The summed E-state index contributed by atoms with van der Waals surface area (Å²) in [6, 6.07) is 0. The zero-order chi connectivity index (χ0) is 11.7. The molecule has 0 rings (SSSR count). The van der Waals surface area contributed by atoms with Gasteiger partial charge in [-0.05, 0) is 0 Å². The van der Waals surface area contributed by atoms with Crippen molar-refractivity contribution in [3.8, 4) is 0 Å². The smallest absolute Gasteiger partial charge is 0.466 e. The Hall–Kier alpha value is -1.29. The maximum absolute atomic E-state index is 9.00. The van der Waals surface area contributed by atoms with Gasteiger partial charge in [0.1, 0.15) is 0 Å². The lowest BCUT2D eigenvalue weighted by Gasteiger charge is -1.82. The Kier molecular flexibility index (Phi) is 19.2. The fourth-order valence-corrected chi connectivity index (χ4v) is 0. The molecule has 0 spiro atoms. The minimum absolute atomic E-state index is 0. The van der Waals surface area contributed by atoms with Crippen LogP contribution >= 0.6 is 7.82 Å². The molecular formula is C2H9FNO9P. The fourth-order valence-electron chi connectivity index (χ4n) is 0. The number of carboxylic acids is 1. The highest BCUT2D eigenvalue weighted by Gasteiger charge is 2.00. The van der Waals surface area contributed by atoms with E-state index in [4.69, 9.17) is 44.5 Å². The Morgan fingerprint density at radius 1 is 1.36 bits per heavy atom. The molecule has 10 nitrogen and oxygen atoms in total. The van der Waals surface area contributed by atoms with Gasteiger partial charge in [0.25, 0.3) is 11.1 Å². The molecule has 0 fully saturated rings. The van der Waals surface area contributed by atoms with Crippen molar-refractivity contribution in [1.82, 2.24) is 0 Å². The highest BCUT2D eigenvalue weighted by atomic mass is 31.2. The Morgan fingerprint density at radius 2 is 1.36 bits per heavy atom. The van der Waals surface area contributed by atoms with E-state index in [9.17, 15) is 0 Å². The van der Waals surface area contributed by atoms with Crippen LogP contribution in [0.15, 0.2) is 0 Å². The molecule has 0 aliphatic heterocycles. The molecule has 0 bridgehead atoms. The molecule has 5 N–H and O–H groups in total. The van der Waals surface area contributed by atoms with Gasteiger partial charge in [0, 0.05) is 6.92 Å². The van der Waals surface area contributed by atoms with Crippen LogP contribution in [-0.4, -0.2) is 36.0 Å². The first kappa shape index (κ1) is 23.0. The second-order valence-electron chi connectivity index (χ2n) is 1.27. The van der Waals surface area contributed by atoms with Crippen molar-refractivity contribution in [2.75, 3.05) is 0 Å². The van der Waals surface area contributed by atoms with E-state index >= 15 is 0 Å². The third-order valence-electron chi connectivity index (χ3n) is 0. The van der Waals surface area contributed by atoms with Gasteiger partial charge in [-0.2, -0.15) is 0 Å². The lowest BCUT2D eigenvalue weighted by atomic mass is 10.9. The molecule has 14 heavy (non-hydrogen) atoms. The van der Waals surface area contributed by atoms with Gasteiger partial charge in [0.05, 0.1) is 0 Å². The lowest BCUT2D eigenvalue weighted by molar-refractivity contribution is -0.742. The third-order valence-corrected chi connectivity index (χ3v) is 0. The van der Waals surface area contributed by atoms with E-state index in [0.717, 1.165) is 6.92 Å². The zero-order valence-corrected chi connectivity index (χ0v) is 7.57. The molecule has 0 saturated heterocycles. The molecule has 0 aliphatic rings. The van der Waals surface area contributed by atoms with E-state index in [-0.39, 0.29) is 4.70 Å². The maximum Gasteiger partial charge on any atom is 0.466 e. The Balaban J connectivity index is -0.0000000522. The van der Waals surface area contributed by atoms with E-state index in [0.29, 0.717) is 0 Å². The van der Waals surface area contributed by atoms with Crippen molar-refractivity contribution in [2.24, 2.45) is 0 Å². The normalized spacial score (nSPS) is 7.71. The van der Waals surface area contributed by atoms with E-state index in [1.807, 2.05) is 0 Å². The van der Waals surface area contributed by atoms with E-state index in [1.54, 1.807) is 0 Å². The second kappa shape index (κ2) is 11.7. The summed E-state index contributed by atoms with van der Waals surface area (Å²) in [6.07, 6.45) is 0. The molecule has 0 heterocycles. The molecule has 88 valence electrons. The molecule has 0 atom stereocenters. The molecule has 12 heteroatoms. The van der Waals surface area contributed by atoms with Gasteiger partial charge in [-0.3, -0.25) is 9.50 Å². The fraction of sp³-hybridized carbons (Fsp3) is 0.500. The van der Waals surface area contributed by atoms with E-state index in [2.05, 4.69) is 0 Å². The monoisotopic (exact) mass is 241 g/mol. The van der Waals surface area contributed by atoms with E-state index in [1.165, 1.54) is 0 Å². The van der Waals surface area contributed by atoms with Crippen molar-refractivity contribution in [1.29, 1.82) is 0 Å². The minimum Gasteiger partial charge on any atom is -0.481 e. The molecule has 0 aromatic carbocycles. The van der Waals surface area contributed by atoms with Gasteiger partial charge in [-0.25, -0.2) is 4.57 Å². The largest absolute Gasteiger partial charge is 0.481 e. The van der Waals surface area contributed by atoms with Gasteiger partial charge in [0.15, 0.2) is 0 Å². The first-order chi connectivity index (χ1) is 5.46. The molecule has 0 amide bonds. The molecule has 0 aliphatic carbocycles. The molecular weight excluding hydrogens is 232 g/mol. The Bertz CT molecular complexity index is 171. The van der Waals surface area contributed by atoms with Gasteiger partial charge in [-0.15, -0.1) is 10.1 Å². The predicted molar refractivity (Wildman–Crippen MR) is 38.9 cm³/mol. The highest BCUT2D eigenvalue weighted by molar-refractivity contribution is 7.45. The maximum atomic E-state index is 9.00. The number of carboxylic acid groups (broad SMARTS) is 1. The average molecular weight is 241 g/mol.